The van der Waals surface area contributed by atoms with Crippen molar-refractivity contribution in [3.63, 3.8) is 0 Å². The Morgan fingerprint density at radius 3 is 1.18 bits per heavy atom. The molecule has 0 amide bonds. The Morgan fingerprint density at radius 2 is 0.705 bits per heavy atom. The summed E-state index contributed by atoms with van der Waals surface area (Å²) in [7, 11) is 0. The number of nitrogens with zero attached hydrogens (tertiary/aromatic N) is 3. The molecule has 13 aromatic rings. The van der Waals surface area contributed by atoms with Gasteiger partial charge in [-0.25, -0.2) is 0 Å². The summed E-state index contributed by atoms with van der Waals surface area (Å²) in [5, 5.41) is 10.1. The summed E-state index contributed by atoms with van der Waals surface area (Å²) in [5.74, 6) is 0. The van der Waals surface area contributed by atoms with Gasteiger partial charge in [-0.15, -0.1) is 22.7 Å². The van der Waals surface area contributed by atoms with Crippen LogP contribution in [0.2, 0.25) is 0 Å². The number of rotatable bonds is 7. The van der Waals surface area contributed by atoms with Gasteiger partial charge in [0.15, 0.2) is 0 Å². The van der Waals surface area contributed by atoms with E-state index in [4.69, 9.17) is 0 Å². The third-order valence-electron chi connectivity index (χ3n) is 12.2. The molecular weight excluding hydrogens is 779 g/mol. The predicted octanol–water partition coefficient (Wildman–Crippen LogP) is 17.1. The molecular formula is C56H35N3S2. The van der Waals surface area contributed by atoms with Gasteiger partial charge in [-0.05, 0) is 120 Å². The normalized spacial score (nSPS) is 11.9. The number of aromatic nitrogens is 1. The molecule has 0 radical (unpaired) electrons. The minimum Gasteiger partial charge on any atom is -0.310 e. The van der Waals surface area contributed by atoms with Crippen LogP contribution in [0.5, 0.6) is 0 Å². The average molecular weight is 814 g/mol. The monoisotopic (exact) mass is 813 g/mol. The van der Waals surface area contributed by atoms with Crippen molar-refractivity contribution in [3.8, 4) is 5.69 Å². The molecule has 3 heterocycles. The van der Waals surface area contributed by atoms with E-state index in [9.17, 15) is 0 Å². The second-order valence-electron chi connectivity index (χ2n) is 15.8. The van der Waals surface area contributed by atoms with E-state index >= 15 is 0 Å². The minimum absolute atomic E-state index is 1.11. The molecule has 3 aromatic heterocycles. The molecule has 0 fully saturated rings. The zero-order valence-corrected chi connectivity index (χ0v) is 34.5. The van der Waals surface area contributed by atoms with Gasteiger partial charge in [0.2, 0.25) is 0 Å². The lowest BCUT2D eigenvalue weighted by molar-refractivity contribution is 1.17. The number of hydrogen-bond donors (Lipinski definition) is 0. The average Bonchev–Trinajstić information content (AvgIpc) is 3.99. The molecule has 0 aliphatic rings. The molecule has 0 aliphatic carbocycles. The van der Waals surface area contributed by atoms with Gasteiger partial charge in [-0.3, -0.25) is 0 Å². The molecule has 0 spiro atoms. The standard InChI is InChI=1S/C56H35N3S2/c1-4-14-38(15-5-1)57(41-26-28-53-47(32-41)45-20-10-12-22-51(45)60-53)43-30-36-24-25-37-31-44(35-50-56(37)55(36)49(34-43)59(50)40-18-8-3-9-19-40)58(39-16-6-2-7-17-39)42-27-29-54-48(33-42)46-21-11-13-23-52(46)61-54/h1-35H. The molecule has 10 aromatic carbocycles. The topological polar surface area (TPSA) is 11.4 Å². The zero-order chi connectivity index (χ0) is 40.0. The second-order valence-corrected chi connectivity index (χ2v) is 17.9. The highest BCUT2D eigenvalue weighted by atomic mass is 32.1. The molecule has 0 unspecified atom stereocenters. The van der Waals surface area contributed by atoms with Crippen molar-refractivity contribution in [1.82, 2.24) is 4.57 Å². The predicted molar refractivity (Wildman–Crippen MR) is 265 cm³/mol. The summed E-state index contributed by atoms with van der Waals surface area (Å²) in [6, 6.07) is 78.1. The van der Waals surface area contributed by atoms with Gasteiger partial charge < -0.3 is 14.4 Å². The number of thiophene rings is 2. The summed E-state index contributed by atoms with van der Waals surface area (Å²) in [4.78, 5) is 4.84. The molecule has 13 rings (SSSR count). The van der Waals surface area contributed by atoms with E-state index < -0.39 is 0 Å². The van der Waals surface area contributed by atoms with Gasteiger partial charge in [-0.2, -0.15) is 0 Å². The quantitative estimate of drug-likeness (QED) is 0.149. The van der Waals surface area contributed by atoms with Gasteiger partial charge in [0.25, 0.3) is 0 Å². The summed E-state index contributed by atoms with van der Waals surface area (Å²) >= 11 is 3.71. The fourth-order valence-electron chi connectivity index (χ4n) is 9.60. The first-order valence-corrected chi connectivity index (χ1v) is 22.3. The highest BCUT2D eigenvalue weighted by molar-refractivity contribution is 7.26. The van der Waals surface area contributed by atoms with Crippen molar-refractivity contribution in [2.24, 2.45) is 0 Å². The van der Waals surface area contributed by atoms with Crippen molar-refractivity contribution in [2.75, 3.05) is 9.80 Å². The first kappa shape index (κ1) is 34.4. The van der Waals surface area contributed by atoms with Crippen LogP contribution in [0, 0.1) is 0 Å². The number of para-hydroxylation sites is 3. The van der Waals surface area contributed by atoms with Crippen LogP contribution >= 0.6 is 22.7 Å². The van der Waals surface area contributed by atoms with Crippen LogP contribution in [0.15, 0.2) is 212 Å². The summed E-state index contributed by atoms with van der Waals surface area (Å²) in [6.07, 6.45) is 0. The van der Waals surface area contributed by atoms with Gasteiger partial charge in [0.05, 0.1) is 11.0 Å². The van der Waals surface area contributed by atoms with Crippen LogP contribution in [-0.2, 0) is 0 Å². The number of anilines is 6. The summed E-state index contributed by atoms with van der Waals surface area (Å²) < 4.78 is 7.70. The molecule has 0 saturated carbocycles. The van der Waals surface area contributed by atoms with Crippen LogP contribution in [-0.4, -0.2) is 4.57 Å². The van der Waals surface area contributed by atoms with Gasteiger partial charge in [0, 0.05) is 90.9 Å². The Balaban J connectivity index is 1.07. The SMILES string of the molecule is c1ccc(N(c2ccc3sc4ccccc4c3c2)c2cc3ccc4cc(N(c5ccccc5)c5ccc6sc7ccccc7c6c5)cc5c4c3c(c2)n5-c2ccccc2)cc1. The molecule has 5 heteroatoms. The Kier molecular flexibility index (Phi) is 7.65. The summed E-state index contributed by atoms with van der Waals surface area (Å²) in [5.41, 5.74) is 10.2. The largest absolute Gasteiger partial charge is 0.310 e. The third-order valence-corrected chi connectivity index (χ3v) is 14.5. The van der Waals surface area contributed by atoms with E-state index in [1.54, 1.807) is 0 Å². The lowest BCUT2D eigenvalue weighted by Gasteiger charge is -2.26. The fourth-order valence-corrected chi connectivity index (χ4v) is 11.8. The van der Waals surface area contributed by atoms with Crippen molar-refractivity contribution in [2.45, 2.75) is 0 Å². The number of benzene rings is 10. The van der Waals surface area contributed by atoms with Crippen molar-refractivity contribution >= 4 is 130 Å². The number of hydrogen-bond acceptors (Lipinski definition) is 4. The van der Waals surface area contributed by atoms with E-state index in [1.807, 2.05) is 22.7 Å². The Labute approximate surface area is 360 Å². The maximum absolute atomic E-state index is 2.48. The van der Waals surface area contributed by atoms with Gasteiger partial charge in [0.1, 0.15) is 0 Å². The Morgan fingerprint density at radius 1 is 0.295 bits per heavy atom. The van der Waals surface area contributed by atoms with Crippen LogP contribution in [0.4, 0.5) is 34.1 Å². The van der Waals surface area contributed by atoms with Crippen molar-refractivity contribution < 1.29 is 0 Å². The lowest BCUT2D eigenvalue weighted by atomic mass is 10.00. The van der Waals surface area contributed by atoms with Crippen molar-refractivity contribution in [1.29, 1.82) is 0 Å². The van der Waals surface area contributed by atoms with E-state index in [0.717, 1.165) is 39.8 Å². The van der Waals surface area contributed by atoms with Gasteiger partial charge >= 0.3 is 0 Å². The molecule has 3 nitrogen and oxygen atoms in total. The van der Waals surface area contributed by atoms with Crippen molar-refractivity contribution in [3.05, 3.63) is 212 Å². The molecule has 0 N–H and O–H groups in total. The molecule has 0 atom stereocenters. The zero-order valence-electron chi connectivity index (χ0n) is 32.9. The summed E-state index contributed by atoms with van der Waals surface area (Å²) in [6.45, 7) is 0. The molecule has 286 valence electrons. The lowest BCUT2D eigenvalue weighted by Crippen LogP contribution is -2.10. The smallest absolute Gasteiger partial charge is 0.0568 e. The molecule has 0 bridgehead atoms. The van der Waals surface area contributed by atoms with Crippen LogP contribution in [0.1, 0.15) is 0 Å². The fraction of sp³-hybridized carbons (Fsp3) is 0. The minimum atomic E-state index is 1.11. The Bertz CT molecular complexity index is 3540. The van der Waals surface area contributed by atoms with E-state index in [0.29, 0.717) is 0 Å². The first-order chi connectivity index (χ1) is 30.2. The van der Waals surface area contributed by atoms with E-state index in [2.05, 4.69) is 227 Å². The molecule has 0 saturated heterocycles. The maximum atomic E-state index is 2.48. The number of fused-ring (bicyclic) bond motifs is 6. The van der Waals surface area contributed by atoms with Crippen LogP contribution in [0.25, 0.3) is 78.6 Å². The first-order valence-electron chi connectivity index (χ1n) is 20.7. The molecule has 61 heavy (non-hydrogen) atoms. The second kappa shape index (κ2) is 13.5. The Hall–Kier alpha value is -7.44. The third kappa shape index (κ3) is 5.41. The maximum Gasteiger partial charge on any atom is 0.0568 e. The van der Waals surface area contributed by atoms with Gasteiger partial charge in [-0.1, -0.05) is 103 Å². The van der Waals surface area contributed by atoms with Crippen LogP contribution in [0.3, 0.4) is 0 Å². The highest BCUT2D eigenvalue weighted by Gasteiger charge is 2.24. The molecule has 0 aliphatic heterocycles. The van der Waals surface area contributed by atoms with E-state index in [-0.39, 0.29) is 0 Å². The van der Waals surface area contributed by atoms with Crippen LogP contribution < -0.4 is 9.80 Å². The van der Waals surface area contributed by atoms with E-state index in [1.165, 1.54) is 72.9 Å². The highest BCUT2D eigenvalue weighted by Crippen LogP contribution is 2.48.